The molecule has 0 fully saturated rings. The Morgan fingerprint density at radius 1 is 1.06 bits per heavy atom. The van der Waals surface area contributed by atoms with Crippen molar-refractivity contribution in [1.29, 1.82) is 0 Å². The number of hydrogen-bond donors (Lipinski definition) is 3. The van der Waals surface area contributed by atoms with Crippen molar-refractivity contribution in [3.8, 4) is 11.5 Å². The molecular weight excluding hydrogens is 430 g/mol. The van der Waals surface area contributed by atoms with Gasteiger partial charge in [-0.05, 0) is 47.7 Å². The Morgan fingerprint density at radius 3 is 2.41 bits per heavy atom. The molecule has 8 nitrogen and oxygen atoms in total. The van der Waals surface area contributed by atoms with Gasteiger partial charge in [-0.15, -0.1) is 0 Å². The molecule has 0 aromatic heterocycles. The monoisotopic (exact) mass is 461 g/mol. The van der Waals surface area contributed by atoms with Crippen LogP contribution in [0.4, 0.5) is 0 Å². The molecular formula is C23H31N3O5S. The third-order valence-corrected chi connectivity index (χ3v) is 6.20. The van der Waals surface area contributed by atoms with Crippen LogP contribution in [0.5, 0.6) is 11.5 Å². The van der Waals surface area contributed by atoms with E-state index in [4.69, 9.17) is 14.6 Å². The van der Waals surface area contributed by atoms with Crippen LogP contribution in [0.3, 0.4) is 0 Å². The second-order valence-corrected chi connectivity index (χ2v) is 9.71. The lowest BCUT2D eigenvalue weighted by Crippen LogP contribution is -2.38. The molecule has 3 rings (SSSR count). The van der Waals surface area contributed by atoms with Crippen LogP contribution < -0.4 is 25.2 Å². The largest absolute Gasteiger partial charge is 0.490 e. The molecule has 0 spiro atoms. The van der Waals surface area contributed by atoms with Crippen LogP contribution in [-0.2, 0) is 21.2 Å². The number of sulfonamides is 1. The van der Waals surface area contributed by atoms with Gasteiger partial charge < -0.3 is 20.1 Å². The Labute approximate surface area is 189 Å². The van der Waals surface area contributed by atoms with Crippen LogP contribution >= 0.6 is 0 Å². The highest BCUT2D eigenvalue weighted by molar-refractivity contribution is 7.89. The van der Waals surface area contributed by atoms with Crippen molar-refractivity contribution in [3.05, 3.63) is 53.6 Å². The molecule has 1 unspecified atom stereocenters. The van der Waals surface area contributed by atoms with Gasteiger partial charge in [0.25, 0.3) is 0 Å². The molecule has 1 heterocycles. The maximum Gasteiger partial charge on any atom is 0.238 e. The van der Waals surface area contributed by atoms with Gasteiger partial charge in [-0.3, -0.25) is 4.79 Å². The summed E-state index contributed by atoms with van der Waals surface area (Å²) < 4.78 is 34.1. The summed E-state index contributed by atoms with van der Waals surface area (Å²) in [7, 11) is -3.70. The topological polar surface area (TPSA) is 120 Å². The minimum atomic E-state index is -3.70. The van der Waals surface area contributed by atoms with Crippen molar-refractivity contribution in [1.82, 2.24) is 10.6 Å². The maximum absolute atomic E-state index is 12.3. The lowest BCUT2D eigenvalue weighted by atomic mass is 9.95. The first-order chi connectivity index (χ1) is 15.2. The van der Waals surface area contributed by atoms with Gasteiger partial charge in [0.05, 0.1) is 24.7 Å². The van der Waals surface area contributed by atoms with Crippen LogP contribution in [0.2, 0.25) is 0 Å². The first kappa shape index (κ1) is 24.0. The quantitative estimate of drug-likeness (QED) is 0.526. The van der Waals surface area contributed by atoms with Gasteiger partial charge in [-0.2, -0.15) is 0 Å². The lowest BCUT2D eigenvalue weighted by Gasteiger charge is -2.23. The van der Waals surface area contributed by atoms with Gasteiger partial charge in [0.15, 0.2) is 11.5 Å². The normalized spacial score (nSPS) is 14.6. The molecule has 1 aliphatic heterocycles. The number of benzene rings is 2. The third kappa shape index (κ3) is 6.69. The number of carbonyl (C=O) groups is 1. The fraction of sp³-hybridized carbons (Fsp3) is 0.435. The van der Waals surface area contributed by atoms with E-state index in [2.05, 4.69) is 24.5 Å². The molecule has 32 heavy (non-hydrogen) atoms. The zero-order chi connectivity index (χ0) is 23.1. The van der Waals surface area contributed by atoms with Gasteiger partial charge in [-0.1, -0.05) is 32.0 Å². The second-order valence-electron chi connectivity index (χ2n) is 8.15. The molecule has 9 heteroatoms. The van der Waals surface area contributed by atoms with E-state index in [1.54, 1.807) is 12.1 Å². The first-order valence-electron chi connectivity index (χ1n) is 10.8. The van der Waals surface area contributed by atoms with Crippen LogP contribution in [0.25, 0.3) is 0 Å². The number of nitrogens with two attached hydrogens (primary N) is 1. The highest BCUT2D eigenvalue weighted by atomic mass is 32.2. The molecule has 1 atom stereocenters. The van der Waals surface area contributed by atoms with E-state index in [0.29, 0.717) is 26.2 Å². The average Bonchev–Trinajstić information content (AvgIpc) is 2.98. The molecule has 174 valence electrons. The van der Waals surface area contributed by atoms with Crippen molar-refractivity contribution in [2.45, 2.75) is 37.6 Å². The van der Waals surface area contributed by atoms with E-state index in [-0.39, 0.29) is 29.3 Å². The van der Waals surface area contributed by atoms with Gasteiger partial charge in [0.2, 0.25) is 15.9 Å². The highest BCUT2D eigenvalue weighted by Gasteiger charge is 2.20. The Balaban J connectivity index is 1.50. The SMILES string of the molecule is CC(C)C(NCC(=O)NCCc1ccc(S(N)(=O)=O)cc1)c1ccc2c(c1)OCCCO2. The summed E-state index contributed by atoms with van der Waals surface area (Å²) in [5, 5.41) is 11.3. The molecule has 4 N–H and O–H groups in total. The molecule has 0 saturated heterocycles. The van der Waals surface area contributed by atoms with E-state index in [0.717, 1.165) is 29.0 Å². The van der Waals surface area contributed by atoms with Crippen molar-refractivity contribution in [3.63, 3.8) is 0 Å². The van der Waals surface area contributed by atoms with Crippen LogP contribution in [0, 0.1) is 5.92 Å². The van der Waals surface area contributed by atoms with Crippen molar-refractivity contribution in [2.75, 3.05) is 26.3 Å². The number of primary sulfonamides is 1. The standard InChI is InChI=1S/C23H31N3O5S/c1-16(2)23(18-6-9-20-21(14-18)31-13-3-12-30-20)26-15-22(27)25-11-10-17-4-7-19(8-5-17)32(24,28)29/h4-9,14,16,23,26H,3,10-13,15H2,1-2H3,(H,25,27)(H2,24,28,29). The summed E-state index contributed by atoms with van der Waals surface area (Å²) in [6, 6.07) is 12.2. The molecule has 0 aliphatic carbocycles. The molecule has 2 aromatic rings. The Morgan fingerprint density at radius 2 is 1.75 bits per heavy atom. The molecule has 1 aliphatic rings. The summed E-state index contributed by atoms with van der Waals surface area (Å²) >= 11 is 0. The predicted octanol–water partition coefficient (Wildman–Crippen LogP) is 2.14. The Hall–Kier alpha value is -2.62. The van der Waals surface area contributed by atoms with Crippen molar-refractivity contribution < 1.29 is 22.7 Å². The minimum Gasteiger partial charge on any atom is -0.490 e. The third-order valence-electron chi connectivity index (χ3n) is 5.27. The first-order valence-corrected chi connectivity index (χ1v) is 12.3. The number of hydrogen-bond acceptors (Lipinski definition) is 6. The summed E-state index contributed by atoms with van der Waals surface area (Å²) in [5.41, 5.74) is 1.96. The lowest BCUT2D eigenvalue weighted by molar-refractivity contribution is -0.120. The zero-order valence-corrected chi connectivity index (χ0v) is 19.3. The Bertz CT molecular complexity index is 1020. The number of carbonyl (C=O) groups excluding carboxylic acids is 1. The van der Waals surface area contributed by atoms with E-state index >= 15 is 0 Å². The summed E-state index contributed by atoms with van der Waals surface area (Å²) in [4.78, 5) is 12.4. The van der Waals surface area contributed by atoms with Crippen molar-refractivity contribution >= 4 is 15.9 Å². The second kappa shape index (κ2) is 10.8. The van der Waals surface area contributed by atoms with Gasteiger partial charge in [-0.25, -0.2) is 13.6 Å². The number of nitrogens with one attached hydrogen (secondary N) is 2. The summed E-state index contributed by atoms with van der Waals surface area (Å²) in [6.45, 7) is 6.11. The maximum atomic E-state index is 12.3. The van der Waals surface area contributed by atoms with E-state index in [1.165, 1.54) is 12.1 Å². The van der Waals surface area contributed by atoms with Gasteiger partial charge in [0, 0.05) is 19.0 Å². The molecule has 0 bridgehead atoms. The number of rotatable bonds is 9. The highest BCUT2D eigenvalue weighted by Crippen LogP contribution is 2.34. The van der Waals surface area contributed by atoms with E-state index in [9.17, 15) is 13.2 Å². The molecule has 0 radical (unpaired) electrons. The molecule has 0 saturated carbocycles. The average molecular weight is 462 g/mol. The number of ether oxygens (including phenoxy) is 2. The number of amides is 1. The fourth-order valence-corrected chi connectivity index (χ4v) is 4.08. The van der Waals surface area contributed by atoms with E-state index in [1.807, 2.05) is 18.2 Å². The zero-order valence-electron chi connectivity index (χ0n) is 18.5. The van der Waals surface area contributed by atoms with Gasteiger partial charge >= 0.3 is 0 Å². The Kier molecular flexibility index (Phi) is 8.11. The minimum absolute atomic E-state index is 0.0105. The summed E-state index contributed by atoms with van der Waals surface area (Å²) in [6.07, 6.45) is 1.44. The van der Waals surface area contributed by atoms with Crippen LogP contribution in [0.1, 0.15) is 37.4 Å². The molecule has 1 amide bonds. The predicted molar refractivity (Wildman–Crippen MR) is 122 cm³/mol. The van der Waals surface area contributed by atoms with Crippen molar-refractivity contribution in [2.24, 2.45) is 11.1 Å². The smallest absolute Gasteiger partial charge is 0.238 e. The van der Waals surface area contributed by atoms with Gasteiger partial charge in [0.1, 0.15) is 0 Å². The fourth-order valence-electron chi connectivity index (χ4n) is 3.57. The molecule has 2 aromatic carbocycles. The van der Waals surface area contributed by atoms with E-state index < -0.39 is 10.0 Å². The summed E-state index contributed by atoms with van der Waals surface area (Å²) in [5.74, 6) is 1.66. The van der Waals surface area contributed by atoms with Crippen LogP contribution in [-0.4, -0.2) is 40.6 Å². The van der Waals surface area contributed by atoms with Crippen LogP contribution in [0.15, 0.2) is 47.4 Å². The number of fused-ring (bicyclic) bond motifs is 1.